The summed E-state index contributed by atoms with van der Waals surface area (Å²) in [6, 6.07) is 8.80. The van der Waals surface area contributed by atoms with Crippen LogP contribution in [0.5, 0.6) is 5.75 Å². The maximum Gasteiger partial charge on any atom is 0.322 e. The first kappa shape index (κ1) is 14.8. The molecule has 8 heteroatoms. The van der Waals surface area contributed by atoms with Crippen LogP contribution in [0.4, 0.5) is 6.01 Å². The van der Waals surface area contributed by atoms with Gasteiger partial charge in [0.25, 0.3) is 5.91 Å². The van der Waals surface area contributed by atoms with E-state index in [1.807, 2.05) is 6.92 Å². The highest BCUT2D eigenvalue weighted by Gasteiger charge is 2.14. The molecule has 0 aliphatic carbocycles. The van der Waals surface area contributed by atoms with Crippen molar-refractivity contribution < 1.29 is 13.9 Å². The molecule has 3 aromatic rings. The minimum Gasteiger partial charge on any atom is -0.497 e. The fourth-order valence-corrected chi connectivity index (χ4v) is 1.94. The molecule has 2 aromatic heterocycles. The lowest BCUT2D eigenvalue weighted by Gasteiger charge is -1.99. The lowest BCUT2D eigenvalue weighted by molar-refractivity contribution is 0.101. The average Bonchev–Trinajstić information content (AvgIpc) is 3.24. The van der Waals surface area contributed by atoms with Crippen molar-refractivity contribution >= 4 is 11.9 Å². The zero-order valence-corrected chi connectivity index (χ0v) is 12.7. The summed E-state index contributed by atoms with van der Waals surface area (Å²) in [6.07, 6.45) is 1.73. The van der Waals surface area contributed by atoms with Gasteiger partial charge in [-0.3, -0.25) is 14.8 Å². The molecule has 0 fully saturated rings. The molecule has 1 N–H and O–H groups in total. The van der Waals surface area contributed by atoms with Gasteiger partial charge < -0.3 is 9.15 Å². The van der Waals surface area contributed by atoms with Crippen molar-refractivity contribution in [3.8, 4) is 17.2 Å². The number of methoxy groups -OCH3 is 1. The summed E-state index contributed by atoms with van der Waals surface area (Å²) in [6.45, 7) is 2.63. The molecule has 23 heavy (non-hydrogen) atoms. The average molecular weight is 313 g/mol. The van der Waals surface area contributed by atoms with E-state index < -0.39 is 5.91 Å². The van der Waals surface area contributed by atoms with Crippen LogP contribution >= 0.6 is 0 Å². The van der Waals surface area contributed by atoms with Crippen molar-refractivity contribution in [3.05, 3.63) is 42.2 Å². The van der Waals surface area contributed by atoms with Crippen molar-refractivity contribution in [1.82, 2.24) is 20.0 Å². The van der Waals surface area contributed by atoms with E-state index in [4.69, 9.17) is 9.15 Å². The number of hydrogen-bond donors (Lipinski definition) is 1. The molecule has 118 valence electrons. The summed E-state index contributed by atoms with van der Waals surface area (Å²) >= 11 is 0. The minimum absolute atomic E-state index is 0.0202. The quantitative estimate of drug-likeness (QED) is 0.776. The summed E-state index contributed by atoms with van der Waals surface area (Å²) in [5, 5.41) is 14.4. The molecule has 0 aliphatic rings. The van der Waals surface area contributed by atoms with Crippen molar-refractivity contribution in [2.75, 3.05) is 12.4 Å². The molecule has 3 rings (SSSR count). The van der Waals surface area contributed by atoms with Gasteiger partial charge in [0, 0.05) is 18.3 Å². The van der Waals surface area contributed by atoms with Crippen molar-refractivity contribution in [3.63, 3.8) is 0 Å². The third-order valence-corrected chi connectivity index (χ3v) is 3.18. The van der Waals surface area contributed by atoms with Gasteiger partial charge in [0.1, 0.15) is 5.75 Å². The Labute approximate surface area is 132 Å². The Balaban J connectivity index is 1.72. The molecular formula is C15H15N5O3. The molecule has 0 spiro atoms. The van der Waals surface area contributed by atoms with Crippen molar-refractivity contribution in [1.29, 1.82) is 0 Å². The normalized spacial score (nSPS) is 10.5. The SMILES string of the molecule is CCn1ccc(C(=O)Nc2nnc(-c3ccc(OC)cc3)o2)n1. The van der Waals surface area contributed by atoms with Crippen molar-refractivity contribution in [2.24, 2.45) is 0 Å². The van der Waals surface area contributed by atoms with Crippen LogP contribution in [0.15, 0.2) is 40.9 Å². The van der Waals surface area contributed by atoms with E-state index in [1.54, 1.807) is 48.3 Å². The second kappa shape index (κ2) is 6.30. The number of anilines is 1. The third kappa shape index (κ3) is 3.20. The predicted molar refractivity (Wildman–Crippen MR) is 82.1 cm³/mol. The predicted octanol–water partition coefficient (Wildman–Crippen LogP) is 2.21. The van der Waals surface area contributed by atoms with E-state index in [2.05, 4.69) is 20.6 Å². The van der Waals surface area contributed by atoms with Gasteiger partial charge in [-0.2, -0.15) is 5.10 Å². The second-order valence-electron chi connectivity index (χ2n) is 4.65. The number of aryl methyl sites for hydroxylation is 1. The molecule has 0 bridgehead atoms. The number of carbonyl (C=O) groups excluding carboxylic acids is 1. The number of carbonyl (C=O) groups is 1. The van der Waals surface area contributed by atoms with E-state index in [-0.39, 0.29) is 11.7 Å². The number of amides is 1. The summed E-state index contributed by atoms with van der Waals surface area (Å²) in [4.78, 5) is 12.0. The second-order valence-corrected chi connectivity index (χ2v) is 4.65. The van der Waals surface area contributed by atoms with Crippen LogP contribution in [-0.4, -0.2) is 33.0 Å². The molecule has 0 atom stereocenters. The molecule has 0 radical (unpaired) electrons. The molecule has 8 nitrogen and oxygen atoms in total. The van der Waals surface area contributed by atoms with Crippen LogP contribution in [0.1, 0.15) is 17.4 Å². The van der Waals surface area contributed by atoms with Crippen LogP contribution in [0.3, 0.4) is 0 Å². The van der Waals surface area contributed by atoms with Gasteiger partial charge in [-0.1, -0.05) is 5.10 Å². The number of nitrogens with one attached hydrogen (secondary N) is 1. The van der Waals surface area contributed by atoms with E-state index in [0.29, 0.717) is 12.4 Å². The van der Waals surface area contributed by atoms with Gasteiger partial charge in [-0.15, -0.1) is 5.10 Å². The Morgan fingerprint density at radius 1 is 1.26 bits per heavy atom. The first-order valence-electron chi connectivity index (χ1n) is 7.02. The Kier molecular flexibility index (Phi) is 4.05. The third-order valence-electron chi connectivity index (χ3n) is 3.18. The highest BCUT2D eigenvalue weighted by molar-refractivity contribution is 6.01. The van der Waals surface area contributed by atoms with Crippen molar-refractivity contribution in [2.45, 2.75) is 13.5 Å². The lowest BCUT2D eigenvalue weighted by Crippen LogP contribution is -2.13. The number of nitrogens with zero attached hydrogens (tertiary/aromatic N) is 4. The Hall–Kier alpha value is -3.16. The zero-order chi connectivity index (χ0) is 16.2. The molecule has 0 unspecified atom stereocenters. The van der Waals surface area contributed by atoms with E-state index >= 15 is 0 Å². The van der Waals surface area contributed by atoms with Crippen LogP contribution in [0.2, 0.25) is 0 Å². The Morgan fingerprint density at radius 2 is 2.04 bits per heavy atom. The molecule has 0 saturated carbocycles. The van der Waals surface area contributed by atoms with Crippen LogP contribution in [-0.2, 0) is 6.54 Å². The smallest absolute Gasteiger partial charge is 0.322 e. The number of hydrogen-bond acceptors (Lipinski definition) is 6. The molecule has 1 aromatic carbocycles. The minimum atomic E-state index is -0.401. The monoisotopic (exact) mass is 313 g/mol. The number of benzene rings is 1. The maximum atomic E-state index is 12.0. The van der Waals surface area contributed by atoms with Gasteiger partial charge in [0.2, 0.25) is 5.89 Å². The first-order valence-corrected chi connectivity index (χ1v) is 7.02. The molecule has 0 aliphatic heterocycles. The van der Waals surface area contributed by atoms with Crippen LogP contribution in [0, 0.1) is 0 Å². The number of aromatic nitrogens is 4. The van der Waals surface area contributed by atoms with Crippen LogP contribution in [0.25, 0.3) is 11.5 Å². The summed E-state index contributed by atoms with van der Waals surface area (Å²) < 4.78 is 12.2. The molecular weight excluding hydrogens is 298 g/mol. The van der Waals surface area contributed by atoms with Gasteiger partial charge in [0.15, 0.2) is 5.69 Å². The number of ether oxygens (including phenoxy) is 1. The topological polar surface area (TPSA) is 95.1 Å². The fraction of sp³-hybridized carbons (Fsp3) is 0.200. The van der Waals surface area contributed by atoms with E-state index in [1.165, 1.54) is 0 Å². The van der Waals surface area contributed by atoms with Gasteiger partial charge in [-0.05, 0) is 37.3 Å². The first-order chi connectivity index (χ1) is 11.2. The summed E-state index contributed by atoms with van der Waals surface area (Å²) in [5.41, 5.74) is 1.02. The van der Waals surface area contributed by atoms with Gasteiger partial charge in [-0.25, -0.2) is 0 Å². The Morgan fingerprint density at radius 3 is 2.70 bits per heavy atom. The molecule has 0 saturated heterocycles. The van der Waals surface area contributed by atoms with Gasteiger partial charge >= 0.3 is 6.01 Å². The summed E-state index contributed by atoms with van der Waals surface area (Å²) in [5.74, 6) is 0.637. The lowest BCUT2D eigenvalue weighted by atomic mass is 10.2. The molecule has 2 heterocycles. The standard InChI is InChI=1S/C15H15N5O3/c1-3-20-9-8-12(19-20)13(21)16-15-18-17-14(23-15)10-4-6-11(22-2)7-5-10/h4-9H,3H2,1-2H3,(H,16,18,21). The van der Waals surface area contributed by atoms with Crippen LogP contribution < -0.4 is 10.1 Å². The molecule has 1 amide bonds. The van der Waals surface area contributed by atoms with Gasteiger partial charge in [0.05, 0.1) is 7.11 Å². The fourth-order valence-electron chi connectivity index (χ4n) is 1.94. The highest BCUT2D eigenvalue weighted by atomic mass is 16.5. The van der Waals surface area contributed by atoms with E-state index in [0.717, 1.165) is 11.3 Å². The largest absolute Gasteiger partial charge is 0.497 e. The summed E-state index contributed by atoms with van der Waals surface area (Å²) in [7, 11) is 1.59. The van der Waals surface area contributed by atoms with E-state index in [9.17, 15) is 4.79 Å². The Bertz CT molecular complexity index is 807. The highest BCUT2D eigenvalue weighted by Crippen LogP contribution is 2.22. The zero-order valence-electron chi connectivity index (χ0n) is 12.7. The number of rotatable bonds is 5. The maximum absolute atomic E-state index is 12.0.